The number of carbonyl (C=O) groups is 1. The quantitative estimate of drug-likeness (QED) is 0.714. The van der Waals surface area contributed by atoms with Crippen molar-refractivity contribution in [1.29, 1.82) is 0 Å². The summed E-state index contributed by atoms with van der Waals surface area (Å²) in [5.41, 5.74) is 3.02. The van der Waals surface area contributed by atoms with Crippen LogP contribution in [-0.4, -0.2) is 33.4 Å². The van der Waals surface area contributed by atoms with E-state index in [1.807, 2.05) is 13.8 Å². The first-order valence-electron chi connectivity index (χ1n) is 9.47. The second-order valence-electron chi connectivity index (χ2n) is 6.95. The molecule has 1 aliphatic rings. The monoisotopic (exact) mass is 412 g/mol. The van der Waals surface area contributed by atoms with Crippen LogP contribution in [0.1, 0.15) is 33.4 Å². The Morgan fingerprint density at radius 2 is 2.03 bits per heavy atom. The van der Waals surface area contributed by atoms with Crippen molar-refractivity contribution in [1.82, 2.24) is 14.5 Å². The molecule has 0 aliphatic carbocycles. The SMILES string of the molecule is CCNc1nc(C)c(C(=O)N2CCc3cc(=O)n(-c4ccc(F)cc4)cc3C2)s1. The van der Waals surface area contributed by atoms with Gasteiger partial charge < -0.3 is 10.2 Å². The Hall–Kier alpha value is -3.00. The molecule has 0 spiro atoms. The number of carbonyl (C=O) groups excluding carboxylic acids is 1. The molecule has 0 saturated carbocycles. The van der Waals surface area contributed by atoms with E-state index in [2.05, 4.69) is 10.3 Å². The minimum absolute atomic E-state index is 0.0469. The van der Waals surface area contributed by atoms with Gasteiger partial charge in [-0.15, -0.1) is 0 Å². The maximum absolute atomic E-state index is 13.2. The second kappa shape index (κ2) is 7.79. The molecule has 150 valence electrons. The van der Waals surface area contributed by atoms with E-state index in [9.17, 15) is 14.0 Å². The highest BCUT2D eigenvalue weighted by molar-refractivity contribution is 7.17. The average Bonchev–Trinajstić information content (AvgIpc) is 3.08. The zero-order valence-electron chi connectivity index (χ0n) is 16.2. The van der Waals surface area contributed by atoms with E-state index in [4.69, 9.17) is 0 Å². The van der Waals surface area contributed by atoms with E-state index < -0.39 is 0 Å². The molecule has 8 heteroatoms. The summed E-state index contributed by atoms with van der Waals surface area (Å²) < 4.78 is 14.7. The number of aryl methyl sites for hydroxylation is 1. The Morgan fingerprint density at radius 3 is 2.76 bits per heavy atom. The van der Waals surface area contributed by atoms with Crippen LogP contribution in [-0.2, 0) is 13.0 Å². The van der Waals surface area contributed by atoms with Crippen molar-refractivity contribution in [3.8, 4) is 5.69 Å². The molecule has 0 atom stereocenters. The molecule has 0 saturated heterocycles. The van der Waals surface area contributed by atoms with Gasteiger partial charge in [-0.3, -0.25) is 14.2 Å². The van der Waals surface area contributed by atoms with Crippen LogP contribution in [0.5, 0.6) is 0 Å². The molecule has 0 radical (unpaired) electrons. The number of fused-ring (bicyclic) bond motifs is 1. The van der Waals surface area contributed by atoms with Crippen LogP contribution >= 0.6 is 11.3 Å². The molecule has 1 aromatic carbocycles. The fraction of sp³-hybridized carbons (Fsp3) is 0.286. The summed E-state index contributed by atoms with van der Waals surface area (Å²) in [7, 11) is 0. The average molecular weight is 412 g/mol. The molecule has 1 aliphatic heterocycles. The van der Waals surface area contributed by atoms with Gasteiger partial charge in [0.05, 0.1) is 5.69 Å². The van der Waals surface area contributed by atoms with Gasteiger partial charge in [0.2, 0.25) is 0 Å². The van der Waals surface area contributed by atoms with Crippen molar-refractivity contribution in [3.05, 3.63) is 74.4 Å². The van der Waals surface area contributed by atoms with Crippen LogP contribution in [0, 0.1) is 12.7 Å². The Labute approximate surface area is 171 Å². The summed E-state index contributed by atoms with van der Waals surface area (Å²) in [5.74, 6) is -0.400. The summed E-state index contributed by atoms with van der Waals surface area (Å²) in [6.45, 7) is 5.55. The van der Waals surface area contributed by atoms with Crippen molar-refractivity contribution >= 4 is 22.4 Å². The number of nitrogens with one attached hydrogen (secondary N) is 1. The van der Waals surface area contributed by atoms with Crippen LogP contribution in [0.3, 0.4) is 0 Å². The molecule has 4 rings (SSSR count). The van der Waals surface area contributed by atoms with Gasteiger partial charge in [0, 0.05) is 37.6 Å². The van der Waals surface area contributed by atoms with Gasteiger partial charge in [0.25, 0.3) is 11.5 Å². The van der Waals surface area contributed by atoms with Crippen LogP contribution in [0.25, 0.3) is 5.69 Å². The highest BCUT2D eigenvalue weighted by Crippen LogP contribution is 2.27. The largest absolute Gasteiger partial charge is 0.362 e. The smallest absolute Gasteiger partial charge is 0.266 e. The molecule has 1 amide bonds. The van der Waals surface area contributed by atoms with E-state index in [0.29, 0.717) is 30.1 Å². The third-order valence-corrected chi connectivity index (χ3v) is 6.06. The lowest BCUT2D eigenvalue weighted by Crippen LogP contribution is -2.37. The Morgan fingerprint density at radius 1 is 1.28 bits per heavy atom. The predicted octanol–water partition coefficient (Wildman–Crippen LogP) is 3.37. The molecular weight excluding hydrogens is 391 g/mol. The van der Waals surface area contributed by atoms with Gasteiger partial charge in [-0.05, 0) is 55.7 Å². The number of anilines is 1. The molecule has 3 heterocycles. The topological polar surface area (TPSA) is 67.2 Å². The molecule has 0 unspecified atom stereocenters. The van der Waals surface area contributed by atoms with Crippen LogP contribution < -0.4 is 10.9 Å². The van der Waals surface area contributed by atoms with Crippen LogP contribution in [0.2, 0.25) is 0 Å². The summed E-state index contributed by atoms with van der Waals surface area (Å²) in [4.78, 5) is 32.4. The Kier molecular flexibility index (Phi) is 5.19. The lowest BCUT2D eigenvalue weighted by molar-refractivity contribution is 0.0738. The number of hydrogen-bond acceptors (Lipinski definition) is 5. The highest BCUT2D eigenvalue weighted by Gasteiger charge is 2.26. The predicted molar refractivity (Wildman–Crippen MR) is 111 cm³/mol. The van der Waals surface area contributed by atoms with Crippen molar-refractivity contribution < 1.29 is 9.18 Å². The summed E-state index contributed by atoms with van der Waals surface area (Å²) >= 11 is 1.37. The second-order valence-corrected chi connectivity index (χ2v) is 7.95. The van der Waals surface area contributed by atoms with Crippen molar-refractivity contribution in [2.45, 2.75) is 26.8 Å². The zero-order valence-corrected chi connectivity index (χ0v) is 17.1. The van der Waals surface area contributed by atoms with E-state index >= 15 is 0 Å². The maximum atomic E-state index is 13.2. The molecule has 1 N–H and O–H groups in total. The number of benzene rings is 1. The van der Waals surface area contributed by atoms with Gasteiger partial charge in [0.1, 0.15) is 10.7 Å². The fourth-order valence-electron chi connectivity index (χ4n) is 3.47. The standard InChI is InChI=1S/C21H21FN4O2S/c1-3-23-21-24-13(2)19(29-21)20(28)25-9-8-14-10-18(27)26(12-15(14)11-25)17-6-4-16(22)5-7-17/h4-7,10,12H,3,8-9,11H2,1-2H3,(H,23,24). The molecule has 2 aromatic heterocycles. The van der Waals surface area contributed by atoms with E-state index in [1.165, 1.54) is 28.0 Å². The third kappa shape index (κ3) is 3.80. The number of rotatable bonds is 4. The van der Waals surface area contributed by atoms with Gasteiger partial charge in [-0.2, -0.15) is 0 Å². The highest BCUT2D eigenvalue weighted by atomic mass is 32.1. The van der Waals surface area contributed by atoms with Gasteiger partial charge in [-0.1, -0.05) is 11.3 Å². The molecule has 0 bridgehead atoms. The van der Waals surface area contributed by atoms with Crippen molar-refractivity contribution in [2.24, 2.45) is 0 Å². The Bertz CT molecular complexity index is 1120. The minimum Gasteiger partial charge on any atom is -0.362 e. The normalized spacial score (nSPS) is 13.3. The zero-order chi connectivity index (χ0) is 20.5. The summed E-state index contributed by atoms with van der Waals surface area (Å²) in [5, 5.41) is 3.90. The van der Waals surface area contributed by atoms with E-state index in [0.717, 1.165) is 28.5 Å². The molecule has 0 fully saturated rings. The number of amides is 1. The summed E-state index contributed by atoms with van der Waals surface area (Å²) in [6.07, 6.45) is 2.38. The number of hydrogen-bond donors (Lipinski definition) is 1. The number of halogens is 1. The van der Waals surface area contributed by atoms with E-state index in [-0.39, 0.29) is 17.3 Å². The van der Waals surface area contributed by atoms with Crippen LogP contribution in [0.15, 0.2) is 41.3 Å². The van der Waals surface area contributed by atoms with E-state index in [1.54, 1.807) is 29.3 Å². The Balaban J connectivity index is 1.62. The maximum Gasteiger partial charge on any atom is 0.266 e. The number of pyridine rings is 1. The first-order valence-corrected chi connectivity index (χ1v) is 10.3. The lowest BCUT2D eigenvalue weighted by atomic mass is 10.0. The third-order valence-electron chi connectivity index (χ3n) is 4.96. The summed E-state index contributed by atoms with van der Waals surface area (Å²) in [6, 6.07) is 7.40. The number of nitrogens with zero attached hydrogens (tertiary/aromatic N) is 3. The van der Waals surface area contributed by atoms with Crippen LogP contribution in [0.4, 0.5) is 9.52 Å². The van der Waals surface area contributed by atoms with Gasteiger partial charge in [0.15, 0.2) is 5.13 Å². The first kappa shape index (κ1) is 19.3. The van der Waals surface area contributed by atoms with Crippen molar-refractivity contribution in [3.63, 3.8) is 0 Å². The molecular formula is C21H21FN4O2S. The number of thiazole rings is 1. The fourth-order valence-corrected chi connectivity index (χ4v) is 4.47. The molecule has 29 heavy (non-hydrogen) atoms. The lowest BCUT2D eigenvalue weighted by Gasteiger charge is -2.29. The van der Waals surface area contributed by atoms with Gasteiger partial charge in [-0.25, -0.2) is 9.37 Å². The van der Waals surface area contributed by atoms with Crippen molar-refractivity contribution in [2.75, 3.05) is 18.4 Å². The molecule has 6 nitrogen and oxygen atoms in total. The molecule has 3 aromatic rings. The number of aromatic nitrogens is 2. The first-order chi connectivity index (χ1) is 14.0. The minimum atomic E-state index is -0.353. The van der Waals surface area contributed by atoms with Gasteiger partial charge >= 0.3 is 0 Å².